The Morgan fingerprint density at radius 1 is 1.10 bits per heavy atom. The molecule has 0 aliphatic carbocycles. The van der Waals surface area contributed by atoms with Crippen molar-refractivity contribution in [1.29, 1.82) is 0 Å². The lowest BCUT2D eigenvalue weighted by Crippen LogP contribution is -2.20. The first-order valence-electron chi connectivity index (χ1n) is 6.80. The highest BCUT2D eigenvalue weighted by Crippen LogP contribution is 2.29. The van der Waals surface area contributed by atoms with Crippen LogP contribution in [0.15, 0.2) is 42.5 Å². The Hall–Kier alpha value is -1.09. The topological polar surface area (TPSA) is 16.1 Å². The number of hydrogen-bond acceptors (Lipinski definition) is 2. The molecule has 1 fully saturated rings. The van der Waals surface area contributed by atoms with E-state index in [9.17, 15) is 0 Å². The Bertz CT molecular complexity index is 586. The molecule has 1 saturated heterocycles. The van der Waals surface area contributed by atoms with Crippen LogP contribution in [0, 0.1) is 0 Å². The van der Waals surface area contributed by atoms with E-state index in [1.54, 1.807) is 6.07 Å². The van der Waals surface area contributed by atoms with Crippen molar-refractivity contribution >= 4 is 23.2 Å². The zero-order valence-corrected chi connectivity index (χ0v) is 12.6. The van der Waals surface area contributed by atoms with E-state index in [0.717, 1.165) is 25.2 Å². The molecule has 1 aromatic carbocycles. The summed E-state index contributed by atoms with van der Waals surface area (Å²) in [5.74, 6) is 0.621. The first-order valence-corrected chi connectivity index (χ1v) is 7.56. The third-order valence-electron chi connectivity index (χ3n) is 3.83. The number of pyridine rings is 1. The number of halogens is 2. The summed E-state index contributed by atoms with van der Waals surface area (Å²) in [7, 11) is 0. The maximum atomic E-state index is 6.14. The molecule has 2 nitrogen and oxygen atoms in total. The van der Waals surface area contributed by atoms with Crippen LogP contribution >= 0.6 is 23.2 Å². The smallest absolute Gasteiger partial charge is 0.135 e. The molecule has 0 N–H and O–H groups in total. The van der Waals surface area contributed by atoms with Crippen molar-refractivity contribution in [2.75, 3.05) is 13.1 Å². The zero-order chi connectivity index (χ0) is 13.9. The van der Waals surface area contributed by atoms with Crippen molar-refractivity contribution < 1.29 is 0 Å². The van der Waals surface area contributed by atoms with E-state index >= 15 is 0 Å². The third kappa shape index (κ3) is 3.14. The zero-order valence-electron chi connectivity index (χ0n) is 11.1. The van der Waals surface area contributed by atoms with Crippen molar-refractivity contribution in [3.8, 4) is 0 Å². The van der Waals surface area contributed by atoms with Gasteiger partial charge in [0.2, 0.25) is 0 Å². The molecular formula is C16H16Cl2N2. The van der Waals surface area contributed by atoms with Crippen LogP contribution in [-0.2, 0) is 6.54 Å². The average Bonchev–Trinajstić information content (AvgIpc) is 2.92. The van der Waals surface area contributed by atoms with E-state index in [0.29, 0.717) is 16.2 Å². The molecular weight excluding hydrogens is 291 g/mol. The van der Waals surface area contributed by atoms with Crippen LogP contribution in [0.2, 0.25) is 10.3 Å². The summed E-state index contributed by atoms with van der Waals surface area (Å²) < 4.78 is 0. The summed E-state index contributed by atoms with van der Waals surface area (Å²) in [6.07, 6.45) is 1.20. The number of likely N-dealkylation sites (tertiary alicyclic amines) is 1. The Morgan fingerprint density at radius 3 is 2.65 bits per heavy atom. The molecule has 0 bridgehead atoms. The summed E-state index contributed by atoms with van der Waals surface area (Å²) in [5.41, 5.74) is 2.47. The van der Waals surface area contributed by atoms with Crippen molar-refractivity contribution in [2.24, 2.45) is 0 Å². The summed E-state index contributed by atoms with van der Waals surface area (Å²) >= 11 is 12.0. The fourth-order valence-electron chi connectivity index (χ4n) is 2.77. The second-order valence-corrected chi connectivity index (χ2v) is 5.96. The van der Waals surface area contributed by atoms with Crippen LogP contribution in [0.4, 0.5) is 0 Å². The van der Waals surface area contributed by atoms with Gasteiger partial charge in [-0.3, -0.25) is 4.90 Å². The maximum Gasteiger partial charge on any atom is 0.135 e. The van der Waals surface area contributed by atoms with E-state index in [1.165, 1.54) is 12.0 Å². The lowest BCUT2D eigenvalue weighted by atomic mass is 9.99. The van der Waals surface area contributed by atoms with Crippen molar-refractivity contribution in [3.63, 3.8) is 0 Å². The fourth-order valence-corrected chi connectivity index (χ4v) is 3.18. The van der Waals surface area contributed by atoms with Crippen LogP contribution < -0.4 is 0 Å². The molecule has 0 amide bonds. The summed E-state index contributed by atoms with van der Waals surface area (Å²) in [5, 5.41) is 0.961. The minimum absolute atomic E-state index is 0.447. The molecule has 4 heteroatoms. The van der Waals surface area contributed by atoms with Crippen molar-refractivity contribution in [2.45, 2.75) is 18.9 Å². The normalized spacial score (nSPS) is 19.4. The lowest BCUT2D eigenvalue weighted by molar-refractivity contribution is 0.326. The number of aromatic nitrogens is 1. The maximum absolute atomic E-state index is 6.14. The first kappa shape index (κ1) is 13.9. The molecule has 104 valence electrons. The molecule has 1 aromatic heterocycles. The summed E-state index contributed by atoms with van der Waals surface area (Å²) in [4.78, 5) is 6.52. The van der Waals surface area contributed by atoms with Gasteiger partial charge in [0.25, 0.3) is 0 Å². The molecule has 3 rings (SSSR count). The second kappa shape index (κ2) is 6.13. The second-order valence-electron chi connectivity index (χ2n) is 5.22. The lowest BCUT2D eigenvalue weighted by Gasteiger charge is -2.16. The van der Waals surface area contributed by atoms with E-state index in [1.807, 2.05) is 6.07 Å². The Morgan fingerprint density at radius 2 is 1.90 bits per heavy atom. The monoisotopic (exact) mass is 306 g/mol. The predicted molar refractivity (Wildman–Crippen MR) is 83.3 cm³/mol. The minimum Gasteiger partial charge on any atom is -0.298 e. The van der Waals surface area contributed by atoms with Crippen LogP contribution in [0.3, 0.4) is 0 Å². The van der Waals surface area contributed by atoms with Gasteiger partial charge in [-0.2, -0.15) is 0 Å². The number of hydrogen-bond donors (Lipinski definition) is 0. The molecule has 2 heterocycles. The van der Waals surface area contributed by atoms with Gasteiger partial charge < -0.3 is 0 Å². The molecule has 0 radical (unpaired) electrons. The minimum atomic E-state index is 0.447. The quantitative estimate of drug-likeness (QED) is 0.782. The highest BCUT2D eigenvalue weighted by molar-refractivity contribution is 6.32. The number of rotatable bonds is 3. The van der Waals surface area contributed by atoms with Crippen molar-refractivity contribution in [1.82, 2.24) is 9.88 Å². The van der Waals surface area contributed by atoms with Crippen molar-refractivity contribution in [3.05, 3.63) is 63.9 Å². The van der Waals surface area contributed by atoms with E-state index in [-0.39, 0.29) is 0 Å². The van der Waals surface area contributed by atoms with Gasteiger partial charge in [0, 0.05) is 18.7 Å². The third-order valence-corrected chi connectivity index (χ3v) is 4.37. The number of benzene rings is 1. The molecule has 0 spiro atoms. The Kier molecular flexibility index (Phi) is 4.25. The SMILES string of the molecule is Clc1ccc(CN2CCC(c3ccccc3)C2)c(Cl)n1. The summed E-state index contributed by atoms with van der Waals surface area (Å²) in [6.45, 7) is 3.01. The largest absolute Gasteiger partial charge is 0.298 e. The van der Waals surface area contributed by atoms with E-state index in [4.69, 9.17) is 23.2 Å². The van der Waals surface area contributed by atoms with Gasteiger partial charge in [0.1, 0.15) is 10.3 Å². The highest BCUT2D eigenvalue weighted by atomic mass is 35.5. The Balaban J connectivity index is 1.66. The summed E-state index contributed by atoms with van der Waals surface area (Å²) in [6, 6.07) is 14.5. The van der Waals surface area contributed by atoms with Crippen LogP contribution in [0.1, 0.15) is 23.5 Å². The molecule has 2 aromatic rings. The van der Waals surface area contributed by atoms with Crippen LogP contribution in [0.5, 0.6) is 0 Å². The molecule has 1 atom stereocenters. The predicted octanol–water partition coefficient (Wildman–Crippen LogP) is 4.38. The fraction of sp³-hybridized carbons (Fsp3) is 0.312. The van der Waals surface area contributed by atoms with Gasteiger partial charge in [-0.05, 0) is 30.5 Å². The van der Waals surface area contributed by atoms with Gasteiger partial charge in [0.05, 0.1) is 0 Å². The number of nitrogens with zero attached hydrogens (tertiary/aromatic N) is 2. The highest BCUT2D eigenvalue weighted by Gasteiger charge is 2.24. The molecule has 1 aliphatic heterocycles. The van der Waals surface area contributed by atoms with Gasteiger partial charge in [-0.15, -0.1) is 0 Å². The van der Waals surface area contributed by atoms with Gasteiger partial charge in [-0.1, -0.05) is 59.6 Å². The molecule has 1 unspecified atom stereocenters. The van der Waals surface area contributed by atoms with Crippen LogP contribution in [-0.4, -0.2) is 23.0 Å². The molecule has 0 saturated carbocycles. The molecule has 20 heavy (non-hydrogen) atoms. The van der Waals surface area contributed by atoms with Gasteiger partial charge in [0.15, 0.2) is 0 Å². The van der Waals surface area contributed by atoms with E-state index in [2.05, 4.69) is 40.2 Å². The van der Waals surface area contributed by atoms with E-state index < -0.39 is 0 Å². The standard InChI is InChI=1S/C16H16Cl2N2/c17-15-7-6-14(16(18)19-15)11-20-9-8-13(10-20)12-4-2-1-3-5-12/h1-7,13H,8-11H2. The first-order chi connectivity index (χ1) is 9.72. The van der Waals surface area contributed by atoms with Gasteiger partial charge in [-0.25, -0.2) is 4.98 Å². The molecule has 1 aliphatic rings. The average molecular weight is 307 g/mol. The van der Waals surface area contributed by atoms with Gasteiger partial charge >= 0.3 is 0 Å². The van der Waals surface area contributed by atoms with Crippen LogP contribution in [0.25, 0.3) is 0 Å². The Labute approximate surface area is 129 Å².